The topological polar surface area (TPSA) is 217 Å². The average molecular weight is 812 g/mol. The van der Waals surface area contributed by atoms with Gasteiger partial charge in [-0.25, -0.2) is 4.98 Å². The Morgan fingerprint density at radius 1 is 0.817 bits per heavy atom. The van der Waals surface area contributed by atoms with Gasteiger partial charge in [-0.3, -0.25) is 15.4 Å². The summed E-state index contributed by atoms with van der Waals surface area (Å²) in [5.74, 6) is 56.4. The molecule has 0 fully saturated rings. The van der Waals surface area contributed by atoms with Crippen LogP contribution in [0.1, 0.15) is 53.5 Å². The summed E-state index contributed by atoms with van der Waals surface area (Å²) in [7, 11) is 0. The number of hydrogen-bond donors (Lipinski definition) is 5. The van der Waals surface area contributed by atoms with Gasteiger partial charge in [0, 0.05) is 62.9 Å². The summed E-state index contributed by atoms with van der Waals surface area (Å²) in [6.45, 7) is 3.40. The van der Waals surface area contributed by atoms with Gasteiger partial charge in [-0.05, 0) is 156 Å². The maximum Gasteiger partial charge on any atom is 0.237 e. The number of carbonyl (C=O) groups excluding carboxylic acids is 2. The smallest absolute Gasteiger partial charge is 0.237 e. The van der Waals surface area contributed by atoms with Crippen LogP contribution in [0.2, 0.25) is 0 Å². The number of hydrazine groups is 1. The van der Waals surface area contributed by atoms with Gasteiger partial charge in [0.1, 0.15) is 5.82 Å². The number of nitrogens with zero attached hydrogens (tertiary/aromatic N) is 4. The van der Waals surface area contributed by atoms with Crippen LogP contribution < -0.4 is 28.2 Å². The van der Waals surface area contributed by atoms with Crippen LogP contribution in [-0.2, 0) is 22.4 Å². The van der Waals surface area contributed by atoms with Gasteiger partial charge in [-0.15, -0.1) is 6.42 Å². The molecule has 13 nitrogen and oxygen atoms in total. The second-order valence-electron chi connectivity index (χ2n) is 10.9. The van der Waals surface area contributed by atoms with E-state index in [9.17, 15) is 19.7 Å². The molecule has 0 radical (unpaired) electrons. The van der Waals surface area contributed by atoms with Gasteiger partial charge in [0.15, 0.2) is 11.0 Å². The average Bonchev–Trinajstić information content (AvgIpc) is 3.25. The van der Waals surface area contributed by atoms with E-state index in [4.69, 9.17) is 17.9 Å². The Morgan fingerprint density at radius 3 is 1.83 bits per heavy atom. The first-order valence-corrected chi connectivity index (χ1v) is 17.3. The van der Waals surface area contributed by atoms with Crippen LogP contribution >= 0.6 is 0 Å². The molecule has 13 heteroatoms. The fourth-order valence-corrected chi connectivity index (χ4v) is 4.07. The molecule has 0 aliphatic rings. The molecule has 60 heavy (non-hydrogen) atoms. The van der Waals surface area contributed by atoms with Crippen molar-refractivity contribution in [3.8, 4) is 131 Å². The van der Waals surface area contributed by atoms with Crippen LogP contribution in [0.15, 0.2) is 71.2 Å². The van der Waals surface area contributed by atoms with Gasteiger partial charge < -0.3 is 26.9 Å². The normalized spacial score (nSPS) is 9.03. The summed E-state index contributed by atoms with van der Waals surface area (Å²) < 4.78 is 0. The first-order valence-electron chi connectivity index (χ1n) is 17.3. The van der Waals surface area contributed by atoms with Crippen molar-refractivity contribution < 1.29 is 30.3 Å². The second kappa shape index (κ2) is 31.8. The van der Waals surface area contributed by atoms with Crippen LogP contribution in [0.3, 0.4) is 0 Å². The standard InChI is InChI=1S/C24H28N4O2.C23H4.H3N5O2.11H2/c1-16(28-24(30)21(25)11-8-17-5-3-2-4-6-17)22(29)12-9-18-7-10-19-13-14-27-23(26)20(19)15-18;1-3-5-7-9-11-13-15-17-19-21-23-22-20-18-16-14-12-10-8-6-4-2;1-2-3-4-5(6)7;;;;;;;;;;;/h2-7,10,13-16,21H,8-9,11-12,25H2,1H3,(H2,26,27)(H,28,30);1H,2H3;(H2,1,3)(H,2,4);11*1H/t16?,21-;;;;;;;;;;;;;/m1............./s1. The minimum Gasteiger partial charge on any atom is -0.383 e. The number of fused-ring (bicyclic) bond motifs is 1. The van der Waals surface area contributed by atoms with Gasteiger partial charge in [-0.1, -0.05) is 48.4 Å². The van der Waals surface area contributed by atoms with Crippen molar-refractivity contribution in [3.63, 3.8) is 0 Å². The molecule has 0 bridgehead atoms. The Kier molecular flexibility index (Phi) is 25.7. The van der Waals surface area contributed by atoms with Crippen molar-refractivity contribution in [2.75, 3.05) is 5.73 Å². The molecule has 0 saturated carbocycles. The van der Waals surface area contributed by atoms with E-state index in [0.717, 1.165) is 28.3 Å². The lowest BCUT2D eigenvalue weighted by Gasteiger charge is -2.17. The van der Waals surface area contributed by atoms with E-state index in [1.807, 2.05) is 54.6 Å². The number of ketones is 1. The van der Waals surface area contributed by atoms with Crippen molar-refractivity contribution in [1.82, 2.24) is 15.8 Å². The summed E-state index contributed by atoms with van der Waals surface area (Å²) in [6, 6.07) is 16.5. The minimum atomic E-state index is -0.879. The van der Waals surface area contributed by atoms with Gasteiger partial charge in [0.2, 0.25) is 5.91 Å². The van der Waals surface area contributed by atoms with E-state index >= 15 is 0 Å². The number of hydrogen-bond acceptors (Lipinski definition) is 9. The quantitative estimate of drug-likeness (QED) is 0.0567. The molecule has 1 unspecified atom stereocenters. The third-order valence-corrected chi connectivity index (χ3v) is 6.79. The highest BCUT2D eigenvalue weighted by atomic mass is 16.7. The Hall–Kier alpha value is -9.49. The molecule has 2 atom stereocenters. The van der Waals surface area contributed by atoms with Crippen LogP contribution in [0, 0.1) is 141 Å². The third-order valence-electron chi connectivity index (χ3n) is 6.79. The molecule has 1 amide bonds. The molecule has 314 valence electrons. The maximum atomic E-state index is 12.5. The molecule has 3 rings (SSSR count). The van der Waals surface area contributed by atoms with Gasteiger partial charge >= 0.3 is 0 Å². The Bertz CT molecular complexity index is 2770. The number of nitrogen functional groups attached to an aromatic ring is 1. The molecular weight excluding hydrogens is 755 g/mol. The zero-order chi connectivity index (χ0) is 44.1. The van der Waals surface area contributed by atoms with Gasteiger partial charge in [0.25, 0.3) is 0 Å². The second-order valence-corrected chi connectivity index (χ2v) is 10.9. The number of aromatic nitrogens is 1. The predicted molar refractivity (Wildman–Crippen MR) is 255 cm³/mol. The lowest BCUT2D eigenvalue weighted by Crippen LogP contribution is -2.47. The van der Waals surface area contributed by atoms with Crippen molar-refractivity contribution in [2.24, 2.45) is 22.0 Å². The Labute approximate surface area is 366 Å². The number of carbonyl (C=O) groups is 2. The Morgan fingerprint density at radius 2 is 1.35 bits per heavy atom. The van der Waals surface area contributed by atoms with Crippen molar-refractivity contribution in [3.05, 3.63) is 82.0 Å². The number of nitro groups is 1. The highest BCUT2D eigenvalue weighted by Gasteiger charge is 2.20. The van der Waals surface area contributed by atoms with Crippen LogP contribution in [0.25, 0.3) is 10.8 Å². The van der Waals surface area contributed by atoms with Crippen LogP contribution in [0.4, 0.5) is 5.82 Å². The molecule has 1 heterocycles. The van der Waals surface area contributed by atoms with Crippen molar-refractivity contribution in [1.29, 1.82) is 0 Å². The van der Waals surface area contributed by atoms with Crippen LogP contribution in [0.5, 0.6) is 0 Å². The number of terminal acetylenes is 1. The van der Waals surface area contributed by atoms with E-state index in [0.29, 0.717) is 25.1 Å². The molecule has 0 aliphatic heterocycles. The van der Waals surface area contributed by atoms with Crippen molar-refractivity contribution >= 4 is 28.3 Å². The summed E-state index contributed by atoms with van der Waals surface area (Å²) in [6.07, 6.45) is 8.73. The fourth-order valence-electron chi connectivity index (χ4n) is 4.07. The number of pyridine rings is 1. The van der Waals surface area contributed by atoms with Crippen LogP contribution in [-0.4, -0.2) is 33.8 Å². The predicted octanol–water partition coefficient (Wildman–Crippen LogP) is 5.17. The van der Waals surface area contributed by atoms with Crippen molar-refractivity contribution in [2.45, 2.75) is 51.6 Å². The lowest BCUT2D eigenvalue weighted by atomic mass is 10.0. The van der Waals surface area contributed by atoms with E-state index in [-0.39, 0.29) is 27.4 Å². The third kappa shape index (κ3) is 24.0. The van der Waals surface area contributed by atoms with E-state index in [1.165, 1.54) is 5.53 Å². The zero-order valence-electron chi connectivity index (χ0n) is 32.5. The number of nitrogens with one attached hydrogen (secondary N) is 2. The molecule has 0 saturated heterocycles. The highest BCUT2D eigenvalue weighted by molar-refractivity contribution is 5.92. The molecular formula is C47H57N9O4. The zero-order valence-corrected chi connectivity index (χ0v) is 32.5. The number of Topliss-reactive ketones (excluding diaryl/α,β-unsaturated/α-hetero) is 1. The number of aryl methyl sites for hydroxylation is 2. The fraction of sp³-hybridized carbons (Fsp3) is 0.170. The monoisotopic (exact) mass is 811 g/mol. The summed E-state index contributed by atoms with van der Waals surface area (Å²) >= 11 is 0. The number of nitrogens with two attached hydrogens (primary N) is 3. The van der Waals surface area contributed by atoms with Gasteiger partial charge in [0.05, 0.1) is 22.3 Å². The molecule has 0 aliphatic carbocycles. The molecule has 3 aromatic rings. The van der Waals surface area contributed by atoms with E-state index in [1.54, 1.807) is 20.0 Å². The molecule has 1 aromatic heterocycles. The SMILES string of the molecule is C#CC#CC#CC#CC#CC#CC#CC#CC#CC#CC#CC.CC(NC(=O)[C@H](N)CCc1ccccc1)C(=O)CCc1ccc2ccnc(N)c2c1.NN=NN[N+](=O)[O-].[HH].[HH].[HH].[HH].[HH].[HH].[HH].[HH].[HH].[HH].[HH]. The molecule has 0 spiro atoms. The first kappa shape index (κ1) is 48.5. The number of amides is 1. The molecule has 2 aromatic carbocycles. The lowest BCUT2D eigenvalue weighted by molar-refractivity contribution is -0.546. The number of rotatable bonds is 11. The first-order chi connectivity index (χ1) is 29.1. The highest BCUT2D eigenvalue weighted by Crippen LogP contribution is 2.21. The van der Waals surface area contributed by atoms with Gasteiger partial charge in [-0.2, -0.15) is 0 Å². The van der Waals surface area contributed by atoms with E-state index in [2.05, 4.69) is 151 Å². The summed E-state index contributed by atoms with van der Waals surface area (Å²) in [5.41, 5.74) is 15.4. The summed E-state index contributed by atoms with van der Waals surface area (Å²) in [4.78, 5) is 38.2. The van der Waals surface area contributed by atoms with E-state index < -0.39 is 17.1 Å². The maximum absolute atomic E-state index is 12.5. The number of benzene rings is 2. The largest absolute Gasteiger partial charge is 0.383 e. The minimum absolute atomic E-state index is 0. The Balaban J connectivity index is -0.0000000888. The number of anilines is 1. The summed E-state index contributed by atoms with van der Waals surface area (Å²) in [5, 5.41) is 18.2. The molecule has 8 N–H and O–H groups in total.